The number of fused-ring (bicyclic) bond motifs is 2. The third-order valence-electron chi connectivity index (χ3n) is 4.48. The minimum absolute atomic E-state index is 0.201. The Morgan fingerprint density at radius 3 is 2.86 bits per heavy atom. The van der Waals surface area contributed by atoms with Gasteiger partial charge in [-0.15, -0.1) is 11.3 Å². The fourth-order valence-electron chi connectivity index (χ4n) is 3.18. The van der Waals surface area contributed by atoms with Crippen LogP contribution in [0.15, 0.2) is 53.9 Å². The number of rotatable bonds is 3. The van der Waals surface area contributed by atoms with Gasteiger partial charge in [0.1, 0.15) is 0 Å². The van der Waals surface area contributed by atoms with Gasteiger partial charge >= 0.3 is 0 Å². The monoisotopic (exact) mass is 389 g/mol. The number of carbonyl (C=O) groups excluding carboxylic acids is 1. The van der Waals surface area contributed by atoms with Crippen molar-refractivity contribution in [2.75, 3.05) is 12.1 Å². The van der Waals surface area contributed by atoms with Crippen LogP contribution in [0, 0.1) is 6.92 Å². The van der Waals surface area contributed by atoms with E-state index in [0.29, 0.717) is 16.4 Å². The van der Waals surface area contributed by atoms with Crippen LogP contribution in [0.5, 0.6) is 11.5 Å². The second-order valence-corrected chi connectivity index (χ2v) is 7.25. The molecule has 2 aromatic carbocycles. The Hall–Kier alpha value is -3.45. The summed E-state index contributed by atoms with van der Waals surface area (Å²) >= 11 is 1.38. The summed E-state index contributed by atoms with van der Waals surface area (Å²) in [6.45, 7) is 2.11. The number of anilines is 1. The summed E-state index contributed by atoms with van der Waals surface area (Å²) in [7, 11) is 0. The Kier molecular flexibility index (Phi) is 3.95. The molecule has 1 aliphatic heterocycles. The first-order valence-corrected chi connectivity index (χ1v) is 9.59. The van der Waals surface area contributed by atoms with E-state index in [2.05, 4.69) is 15.3 Å². The molecule has 7 heteroatoms. The highest BCUT2D eigenvalue weighted by Gasteiger charge is 2.17. The van der Waals surface area contributed by atoms with Gasteiger partial charge in [-0.3, -0.25) is 15.1 Å². The van der Waals surface area contributed by atoms with Crippen LogP contribution in [0.3, 0.4) is 0 Å². The fraction of sp³-hybridized carbons (Fsp3) is 0.0952. The van der Waals surface area contributed by atoms with Gasteiger partial charge in [-0.2, -0.15) is 0 Å². The van der Waals surface area contributed by atoms with Crippen LogP contribution in [0.2, 0.25) is 0 Å². The summed E-state index contributed by atoms with van der Waals surface area (Å²) in [5, 5.41) is 6.17. The summed E-state index contributed by atoms with van der Waals surface area (Å²) in [6, 6.07) is 15.1. The van der Waals surface area contributed by atoms with Gasteiger partial charge in [0.15, 0.2) is 16.6 Å². The molecular weight excluding hydrogens is 374 g/mol. The van der Waals surface area contributed by atoms with Crippen LogP contribution in [-0.2, 0) is 0 Å². The molecule has 0 bridgehead atoms. The normalized spacial score (nSPS) is 12.3. The molecule has 0 spiro atoms. The van der Waals surface area contributed by atoms with Crippen molar-refractivity contribution >= 4 is 33.3 Å². The van der Waals surface area contributed by atoms with E-state index in [4.69, 9.17) is 9.47 Å². The minimum atomic E-state index is -0.201. The maximum Gasteiger partial charge on any atom is 0.258 e. The highest BCUT2D eigenvalue weighted by atomic mass is 32.1. The van der Waals surface area contributed by atoms with E-state index in [9.17, 15) is 4.79 Å². The van der Waals surface area contributed by atoms with Gasteiger partial charge in [0.25, 0.3) is 5.91 Å². The Balaban J connectivity index is 1.43. The predicted molar refractivity (Wildman–Crippen MR) is 108 cm³/mol. The number of carbonyl (C=O) groups is 1. The molecule has 0 saturated carbocycles. The van der Waals surface area contributed by atoms with Crippen LogP contribution in [0.25, 0.3) is 22.2 Å². The van der Waals surface area contributed by atoms with Crippen molar-refractivity contribution < 1.29 is 14.3 Å². The minimum Gasteiger partial charge on any atom is -0.454 e. The Labute approximate surface area is 164 Å². The second kappa shape index (κ2) is 6.61. The van der Waals surface area contributed by atoms with Gasteiger partial charge in [0, 0.05) is 22.0 Å². The number of thiazole rings is 1. The number of aromatic nitrogens is 2. The molecule has 5 rings (SSSR count). The first-order valence-electron chi connectivity index (χ1n) is 8.71. The average Bonchev–Trinajstić information content (AvgIpc) is 3.35. The van der Waals surface area contributed by atoms with Crippen LogP contribution in [0.1, 0.15) is 16.1 Å². The lowest BCUT2D eigenvalue weighted by Crippen LogP contribution is -2.13. The largest absolute Gasteiger partial charge is 0.454 e. The van der Waals surface area contributed by atoms with Gasteiger partial charge < -0.3 is 9.47 Å². The fourth-order valence-corrected chi connectivity index (χ4v) is 3.89. The molecule has 0 fully saturated rings. The molecule has 2 aromatic heterocycles. The number of hydrogen-bond donors (Lipinski definition) is 1. The number of pyridine rings is 1. The molecular formula is C21H15N3O3S. The zero-order valence-electron chi connectivity index (χ0n) is 14.9. The van der Waals surface area contributed by atoms with Crippen molar-refractivity contribution in [1.29, 1.82) is 0 Å². The first kappa shape index (κ1) is 16.7. The van der Waals surface area contributed by atoms with Crippen molar-refractivity contribution in [3.63, 3.8) is 0 Å². The van der Waals surface area contributed by atoms with Gasteiger partial charge in [-0.05, 0) is 37.3 Å². The maximum atomic E-state index is 12.9. The molecule has 28 heavy (non-hydrogen) atoms. The van der Waals surface area contributed by atoms with Gasteiger partial charge in [-0.25, -0.2) is 4.98 Å². The smallest absolute Gasteiger partial charge is 0.258 e. The number of nitrogens with one attached hydrogen (secondary N) is 1. The van der Waals surface area contributed by atoms with E-state index in [1.54, 1.807) is 6.07 Å². The summed E-state index contributed by atoms with van der Waals surface area (Å²) in [6.07, 6.45) is 0. The third kappa shape index (κ3) is 2.95. The quantitative estimate of drug-likeness (QED) is 0.552. The molecule has 0 atom stereocenters. The highest BCUT2D eigenvalue weighted by Crippen LogP contribution is 2.36. The lowest BCUT2D eigenvalue weighted by Gasteiger charge is -2.07. The van der Waals surface area contributed by atoms with Crippen molar-refractivity contribution in [1.82, 2.24) is 9.97 Å². The molecule has 0 unspecified atom stereocenters. The molecule has 0 saturated heterocycles. The topological polar surface area (TPSA) is 73.3 Å². The Bertz CT molecular complexity index is 1220. The lowest BCUT2D eigenvalue weighted by atomic mass is 10.1. The SMILES string of the molecule is Cc1cc(C(=O)Nc2nc(-c3ccc4c(c3)OCO4)cs2)c2ccccc2n1. The molecule has 4 aromatic rings. The molecule has 0 aliphatic carbocycles. The molecule has 6 nitrogen and oxygen atoms in total. The zero-order chi connectivity index (χ0) is 19.1. The first-order chi connectivity index (χ1) is 13.7. The lowest BCUT2D eigenvalue weighted by molar-refractivity contribution is 0.102. The van der Waals surface area contributed by atoms with Crippen molar-refractivity contribution in [3.8, 4) is 22.8 Å². The number of aryl methyl sites for hydroxylation is 1. The molecule has 138 valence electrons. The van der Waals surface area contributed by atoms with Crippen LogP contribution in [0.4, 0.5) is 5.13 Å². The summed E-state index contributed by atoms with van der Waals surface area (Å²) in [4.78, 5) is 21.9. The Morgan fingerprint density at radius 1 is 1.07 bits per heavy atom. The molecule has 0 radical (unpaired) electrons. The number of ether oxygens (including phenoxy) is 2. The zero-order valence-corrected chi connectivity index (χ0v) is 15.7. The van der Waals surface area contributed by atoms with E-state index in [1.807, 2.05) is 54.8 Å². The molecule has 1 aliphatic rings. The maximum absolute atomic E-state index is 12.9. The Morgan fingerprint density at radius 2 is 1.93 bits per heavy atom. The van der Waals surface area contributed by atoms with Gasteiger partial charge in [0.05, 0.1) is 16.8 Å². The van der Waals surface area contributed by atoms with Crippen molar-refractivity contribution in [2.24, 2.45) is 0 Å². The summed E-state index contributed by atoms with van der Waals surface area (Å²) < 4.78 is 10.8. The summed E-state index contributed by atoms with van der Waals surface area (Å²) in [5.74, 6) is 1.23. The predicted octanol–water partition coefficient (Wildman–Crippen LogP) is 4.65. The van der Waals surface area contributed by atoms with Gasteiger partial charge in [0.2, 0.25) is 6.79 Å². The molecule has 1 N–H and O–H groups in total. The van der Waals surface area contributed by atoms with Crippen LogP contribution in [-0.4, -0.2) is 22.7 Å². The second-order valence-electron chi connectivity index (χ2n) is 6.39. The number of para-hydroxylation sites is 1. The highest BCUT2D eigenvalue weighted by molar-refractivity contribution is 7.14. The number of nitrogens with zero attached hydrogens (tertiary/aromatic N) is 2. The number of hydrogen-bond acceptors (Lipinski definition) is 6. The van der Waals surface area contributed by atoms with Gasteiger partial charge in [-0.1, -0.05) is 18.2 Å². The van der Waals surface area contributed by atoms with Crippen molar-refractivity contribution in [2.45, 2.75) is 6.92 Å². The van der Waals surface area contributed by atoms with Crippen molar-refractivity contribution in [3.05, 3.63) is 65.2 Å². The number of amides is 1. The number of benzene rings is 2. The standard InChI is InChI=1S/C21H15N3O3S/c1-12-8-15(14-4-2-3-5-16(14)22-12)20(25)24-21-23-17(10-28-21)13-6-7-18-19(9-13)27-11-26-18/h2-10H,11H2,1H3,(H,23,24,25). The van der Waals surface area contributed by atoms with E-state index in [-0.39, 0.29) is 12.7 Å². The van der Waals surface area contributed by atoms with E-state index < -0.39 is 0 Å². The molecule has 1 amide bonds. The van der Waals surface area contributed by atoms with E-state index in [1.165, 1.54) is 11.3 Å². The summed E-state index contributed by atoms with van der Waals surface area (Å²) in [5.41, 5.74) is 3.86. The van der Waals surface area contributed by atoms with Crippen LogP contribution < -0.4 is 14.8 Å². The van der Waals surface area contributed by atoms with Crippen LogP contribution >= 0.6 is 11.3 Å². The third-order valence-corrected chi connectivity index (χ3v) is 5.24. The van der Waals surface area contributed by atoms with E-state index in [0.717, 1.165) is 33.6 Å². The molecule has 3 heterocycles. The van der Waals surface area contributed by atoms with E-state index >= 15 is 0 Å². The average molecular weight is 389 g/mol.